The zero-order valence-corrected chi connectivity index (χ0v) is 13.4. The molecule has 0 bridgehead atoms. The highest BCUT2D eigenvalue weighted by Crippen LogP contribution is 2.26. The molecule has 0 saturated carbocycles. The Morgan fingerprint density at radius 1 is 1.39 bits per heavy atom. The average molecular weight is 315 g/mol. The SMILES string of the molecule is Cc1cc(CNC(=O)N2C[C@@H](C)OC[C@H]2c2ccccc2)no1. The number of hydrogen-bond donors (Lipinski definition) is 1. The highest BCUT2D eigenvalue weighted by molar-refractivity contribution is 5.75. The molecule has 1 N–H and O–H groups in total. The van der Waals surface area contributed by atoms with Gasteiger partial charge in [-0.05, 0) is 19.4 Å². The monoisotopic (exact) mass is 315 g/mol. The van der Waals surface area contributed by atoms with Gasteiger partial charge in [0.2, 0.25) is 0 Å². The summed E-state index contributed by atoms with van der Waals surface area (Å²) in [5.74, 6) is 0.733. The molecule has 2 amide bonds. The molecule has 122 valence electrons. The molecule has 2 heterocycles. The van der Waals surface area contributed by atoms with E-state index in [0.29, 0.717) is 25.4 Å². The van der Waals surface area contributed by atoms with Crippen LogP contribution in [0.2, 0.25) is 0 Å². The van der Waals surface area contributed by atoms with Crippen molar-refractivity contribution in [3.05, 3.63) is 53.4 Å². The molecule has 1 fully saturated rings. The maximum absolute atomic E-state index is 12.6. The van der Waals surface area contributed by atoms with Gasteiger partial charge in [0.05, 0.1) is 25.3 Å². The third kappa shape index (κ3) is 3.71. The van der Waals surface area contributed by atoms with E-state index in [9.17, 15) is 4.79 Å². The van der Waals surface area contributed by atoms with Crippen molar-refractivity contribution in [2.24, 2.45) is 0 Å². The van der Waals surface area contributed by atoms with Gasteiger partial charge in [0.1, 0.15) is 11.5 Å². The molecule has 1 aliphatic rings. The number of rotatable bonds is 3. The number of nitrogens with zero attached hydrogens (tertiary/aromatic N) is 2. The molecule has 23 heavy (non-hydrogen) atoms. The van der Waals surface area contributed by atoms with Gasteiger partial charge >= 0.3 is 6.03 Å². The van der Waals surface area contributed by atoms with E-state index in [2.05, 4.69) is 10.5 Å². The molecule has 3 rings (SSSR count). The first kappa shape index (κ1) is 15.6. The molecule has 0 aliphatic carbocycles. The van der Waals surface area contributed by atoms with Crippen LogP contribution in [0.4, 0.5) is 4.79 Å². The van der Waals surface area contributed by atoms with Crippen molar-refractivity contribution in [3.63, 3.8) is 0 Å². The molecule has 2 aromatic rings. The fourth-order valence-corrected chi connectivity index (χ4v) is 2.75. The third-order valence-electron chi connectivity index (χ3n) is 3.91. The van der Waals surface area contributed by atoms with Gasteiger partial charge in [0, 0.05) is 12.6 Å². The van der Waals surface area contributed by atoms with E-state index < -0.39 is 0 Å². The normalized spacial score (nSPS) is 21.2. The minimum absolute atomic E-state index is 0.0232. The number of aryl methyl sites for hydroxylation is 1. The molecule has 6 nitrogen and oxygen atoms in total. The predicted octanol–water partition coefficient (Wildman–Crippen LogP) is 2.65. The van der Waals surface area contributed by atoms with Crippen molar-refractivity contribution in [1.82, 2.24) is 15.4 Å². The van der Waals surface area contributed by atoms with Crippen LogP contribution in [0, 0.1) is 6.92 Å². The Bertz CT molecular complexity index is 656. The third-order valence-corrected chi connectivity index (χ3v) is 3.91. The lowest BCUT2D eigenvalue weighted by molar-refractivity contribution is -0.0382. The second kappa shape index (κ2) is 6.83. The first-order valence-corrected chi connectivity index (χ1v) is 7.76. The smallest absolute Gasteiger partial charge is 0.318 e. The first-order valence-electron chi connectivity index (χ1n) is 7.76. The second-order valence-corrected chi connectivity index (χ2v) is 5.81. The average Bonchev–Trinajstić information content (AvgIpc) is 2.99. The summed E-state index contributed by atoms with van der Waals surface area (Å²) in [6.45, 7) is 5.21. The minimum atomic E-state index is -0.116. The maximum Gasteiger partial charge on any atom is 0.318 e. The highest BCUT2D eigenvalue weighted by Gasteiger charge is 2.31. The van der Waals surface area contributed by atoms with Crippen LogP contribution < -0.4 is 5.32 Å². The van der Waals surface area contributed by atoms with E-state index >= 15 is 0 Å². The Morgan fingerprint density at radius 2 is 2.17 bits per heavy atom. The van der Waals surface area contributed by atoms with E-state index in [1.165, 1.54) is 0 Å². The van der Waals surface area contributed by atoms with Gasteiger partial charge < -0.3 is 19.5 Å². The van der Waals surface area contributed by atoms with Gasteiger partial charge in [-0.2, -0.15) is 0 Å². The summed E-state index contributed by atoms with van der Waals surface area (Å²) in [6.07, 6.45) is 0.0232. The summed E-state index contributed by atoms with van der Waals surface area (Å²) in [5, 5.41) is 6.80. The van der Waals surface area contributed by atoms with Crippen LogP contribution in [0.3, 0.4) is 0 Å². The van der Waals surface area contributed by atoms with Crippen molar-refractivity contribution in [2.45, 2.75) is 32.5 Å². The molecular formula is C17H21N3O3. The fourth-order valence-electron chi connectivity index (χ4n) is 2.75. The van der Waals surface area contributed by atoms with Crippen molar-refractivity contribution in [3.8, 4) is 0 Å². The van der Waals surface area contributed by atoms with Crippen molar-refractivity contribution in [1.29, 1.82) is 0 Å². The number of nitrogens with one attached hydrogen (secondary N) is 1. The van der Waals surface area contributed by atoms with Gasteiger partial charge in [-0.15, -0.1) is 0 Å². The predicted molar refractivity (Wildman–Crippen MR) is 84.8 cm³/mol. The lowest BCUT2D eigenvalue weighted by Gasteiger charge is -2.38. The zero-order chi connectivity index (χ0) is 16.2. The second-order valence-electron chi connectivity index (χ2n) is 5.81. The van der Waals surface area contributed by atoms with E-state index in [0.717, 1.165) is 11.3 Å². The van der Waals surface area contributed by atoms with Crippen LogP contribution in [0.25, 0.3) is 0 Å². The Kier molecular flexibility index (Phi) is 4.62. The molecule has 1 aromatic heterocycles. The minimum Gasteiger partial charge on any atom is -0.374 e. The topological polar surface area (TPSA) is 67.6 Å². The number of amides is 2. The number of urea groups is 1. The zero-order valence-electron chi connectivity index (χ0n) is 13.4. The van der Waals surface area contributed by atoms with Crippen LogP contribution in [0.1, 0.15) is 30.0 Å². The number of carbonyl (C=O) groups is 1. The Labute approximate surface area is 135 Å². The number of morpholine rings is 1. The fraction of sp³-hybridized carbons (Fsp3) is 0.412. The highest BCUT2D eigenvalue weighted by atomic mass is 16.5. The van der Waals surface area contributed by atoms with E-state index in [1.807, 2.05) is 55.1 Å². The lowest BCUT2D eigenvalue weighted by atomic mass is 10.0. The number of aromatic nitrogens is 1. The molecule has 1 aliphatic heterocycles. The maximum atomic E-state index is 12.6. The van der Waals surface area contributed by atoms with E-state index in [-0.39, 0.29) is 18.2 Å². The number of carbonyl (C=O) groups excluding carboxylic acids is 1. The molecule has 0 unspecified atom stereocenters. The van der Waals surface area contributed by atoms with Crippen LogP contribution in [-0.4, -0.2) is 35.3 Å². The molecule has 1 saturated heterocycles. The number of hydrogen-bond acceptors (Lipinski definition) is 4. The summed E-state index contributed by atoms with van der Waals surface area (Å²) in [4.78, 5) is 14.4. The van der Waals surface area contributed by atoms with Crippen molar-refractivity contribution in [2.75, 3.05) is 13.2 Å². The molecule has 1 aromatic carbocycles. The first-order chi connectivity index (χ1) is 11.1. The Morgan fingerprint density at radius 3 is 2.87 bits per heavy atom. The summed E-state index contributed by atoms with van der Waals surface area (Å²) >= 11 is 0. The van der Waals surface area contributed by atoms with Crippen LogP contribution in [0.5, 0.6) is 0 Å². The standard InChI is InChI=1S/C17H21N3O3/c1-12-8-15(19-23-12)9-18-17(21)20-10-13(2)22-11-16(20)14-6-4-3-5-7-14/h3-8,13,16H,9-11H2,1-2H3,(H,18,21)/t13-,16+/m1/s1. The molecule has 6 heteroatoms. The molecule has 0 spiro atoms. The van der Waals surface area contributed by atoms with Crippen LogP contribution >= 0.6 is 0 Å². The summed E-state index contributed by atoms with van der Waals surface area (Å²) < 4.78 is 10.8. The number of ether oxygens (including phenoxy) is 1. The van der Waals surface area contributed by atoms with Crippen LogP contribution in [0.15, 0.2) is 40.9 Å². The van der Waals surface area contributed by atoms with Gasteiger partial charge in [-0.25, -0.2) is 4.79 Å². The Hall–Kier alpha value is -2.34. The largest absolute Gasteiger partial charge is 0.374 e. The van der Waals surface area contributed by atoms with Crippen molar-refractivity contribution < 1.29 is 14.1 Å². The van der Waals surface area contributed by atoms with Gasteiger partial charge in [-0.3, -0.25) is 0 Å². The molecule has 0 radical (unpaired) electrons. The number of benzene rings is 1. The van der Waals surface area contributed by atoms with Crippen LogP contribution in [-0.2, 0) is 11.3 Å². The quantitative estimate of drug-likeness (QED) is 0.945. The van der Waals surface area contributed by atoms with Gasteiger partial charge in [0.15, 0.2) is 0 Å². The van der Waals surface area contributed by atoms with E-state index in [1.54, 1.807) is 0 Å². The van der Waals surface area contributed by atoms with Gasteiger partial charge in [0.25, 0.3) is 0 Å². The molecular weight excluding hydrogens is 294 g/mol. The lowest BCUT2D eigenvalue weighted by Crippen LogP contribution is -2.50. The van der Waals surface area contributed by atoms with Gasteiger partial charge in [-0.1, -0.05) is 35.5 Å². The summed E-state index contributed by atoms with van der Waals surface area (Å²) in [6, 6.07) is 11.6. The Balaban J connectivity index is 1.69. The molecule has 2 atom stereocenters. The summed E-state index contributed by atoms with van der Waals surface area (Å²) in [7, 11) is 0. The summed E-state index contributed by atoms with van der Waals surface area (Å²) in [5.41, 5.74) is 1.79. The van der Waals surface area contributed by atoms with Crippen molar-refractivity contribution >= 4 is 6.03 Å². The van der Waals surface area contributed by atoms with E-state index in [4.69, 9.17) is 9.26 Å².